The zero-order valence-electron chi connectivity index (χ0n) is 6.30. The molecule has 0 aliphatic rings. The minimum Gasteiger partial charge on any atom is -0.319 e. The summed E-state index contributed by atoms with van der Waals surface area (Å²) in [6.45, 7) is 3.60. The summed E-state index contributed by atoms with van der Waals surface area (Å²) in [4.78, 5) is 4.16. The lowest BCUT2D eigenvalue weighted by molar-refractivity contribution is 0.855. The van der Waals surface area contributed by atoms with E-state index in [0.29, 0.717) is 0 Å². The van der Waals surface area contributed by atoms with Gasteiger partial charge < -0.3 is 5.73 Å². The lowest BCUT2D eigenvalue weighted by atomic mass is 10.2. The van der Waals surface area contributed by atoms with Crippen LogP contribution in [-0.4, -0.2) is 4.98 Å². The third kappa shape index (κ3) is 2.15. The number of halogens is 2. The van der Waals surface area contributed by atoms with Gasteiger partial charge in [-0.1, -0.05) is 6.08 Å². The number of hydrogen-bond donors (Lipinski definition) is 1. The average Bonchev–Trinajstić information content (AvgIpc) is 2.03. The molecule has 0 spiro atoms. The zero-order valence-corrected chi connectivity index (χ0v) is 9.47. The summed E-state index contributed by atoms with van der Waals surface area (Å²) in [5.41, 5.74) is 6.52. The Morgan fingerprint density at radius 1 is 1.58 bits per heavy atom. The van der Waals surface area contributed by atoms with E-state index in [1.807, 2.05) is 6.07 Å². The smallest absolute Gasteiger partial charge is 0.0752 e. The highest BCUT2D eigenvalue weighted by Crippen LogP contribution is 2.23. The molecule has 2 N–H and O–H groups in total. The Morgan fingerprint density at radius 2 is 2.25 bits per heavy atom. The Kier molecular flexibility index (Phi) is 3.43. The molecule has 1 rings (SSSR count). The van der Waals surface area contributed by atoms with E-state index in [1.54, 1.807) is 12.3 Å². The van der Waals surface area contributed by atoms with Crippen LogP contribution in [0.2, 0.25) is 0 Å². The number of nitrogens with zero attached hydrogens (tertiary/aromatic N) is 1. The predicted molar refractivity (Wildman–Crippen MR) is 56.8 cm³/mol. The van der Waals surface area contributed by atoms with Gasteiger partial charge in [-0.25, -0.2) is 0 Å². The van der Waals surface area contributed by atoms with E-state index >= 15 is 0 Å². The molecular weight excluding hydrogens is 284 g/mol. The molecule has 2 nitrogen and oxygen atoms in total. The largest absolute Gasteiger partial charge is 0.319 e. The van der Waals surface area contributed by atoms with Crippen molar-refractivity contribution in [2.75, 3.05) is 0 Å². The zero-order chi connectivity index (χ0) is 9.14. The first-order valence-corrected chi connectivity index (χ1v) is 4.93. The molecule has 64 valence electrons. The van der Waals surface area contributed by atoms with E-state index in [1.165, 1.54) is 0 Å². The van der Waals surface area contributed by atoms with Gasteiger partial charge in [-0.15, -0.1) is 6.58 Å². The normalized spacial score (nSPS) is 12.6. The minimum absolute atomic E-state index is 0.215. The minimum atomic E-state index is -0.215. The summed E-state index contributed by atoms with van der Waals surface area (Å²) in [7, 11) is 0. The van der Waals surface area contributed by atoms with Gasteiger partial charge in [0.25, 0.3) is 0 Å². The molecule has 0 aliphatic heterocycles. The Balaban J connectivity index is 3.09. The van der Waals surface area contributed by atoms with E-state index < -0.39 is 0 Å². The second-order valence-electron chi connectivity index (χ2n) is 2.28. The SMILES string of the molecule is C=CC(N)c1ncc(Br)cc1Br. The van der Waals surface area contributed by atoms with Gasteiger partial charge in [0.15, 0.2) is 0 Å². The molecule has 1 atom stereocenters. The predicted octanol–water partition coefficient (Wildman–Crippen LogP) is 2.79. The maximum Gasteiger partial charge on any atom is 0.0752 e. The molecule has 0 aliphatic carbocycles. The van der Waals surface area contributed by atoms with Crippen molar-refractivity contribution >= 4 is 31.9 Å². The molecule has 1 heterocycles. The number of hydrogen-bond acceptors (Lipinski definition) is 2. The molecule has 0 saturated heterocycles. The molecule has 4 heteroatoms. The standard InChI is InChI=1S/C8H8Br2N2/c1-2-7(11)8-6(10)3-5(9)4-12-8/h2-4,7H,1,11H2. The first-order chi connectivity index (χ1) is 5.65. The fourth-order valence-electron chi connectivity index (χ4n) is 0.782. The van der Waals surface area contributed by atoms with Crippen LogP contribution in [0.25, 0.3) is 0 Å². The Hall–Kier alpha value is -0.190. The highest BCUT2D eigenvalue weighted by atomic mass is 79.9. The number of nitrogens with two attached hydrogens (primary N) is 1. The van der Waals surface area contributed by atoms with Crippen molar-refractivity contribution in [2.24, 2.45) is 5.73 Å². The topological polar surface area (TPSA) is 38.9 Å². The van der Waals surface area contributed by atoms with Crippen molar-refractivity contribution in [1.29, 1.82) is 0 Å². The maximum atomic E-state index is 5.72. The maximum absolute atomic E-state index is 5.72. The Morgan fingerprint density at radius 3 is 2.75 bits per heavy atom. The van der Waals surface area contributed by atoms with Crippen LogP contribution in [0.4, 0.5) is 0 Å². The summed E-state index contributed by atoms with van der Waals surface area (Å²) < 4.78 is 1.82. The van der Waals surface area contributed by atoms with E-state index in [0.717, 1.165) is 14.6 Å². The number of aromatic nitrogens is 1. The van der Waals surface area contributed by atoms with Gasteiger partial charge in [-0.3, -0.25) is 4.98 Å². The van der Waals surface area contributed by atoms with Crippen molar-refractivity contribution in [2.45, 2.75) is 6.04 Å². The lowest BCUT2D eigenvalue weighted by Gasteiger charge is -2.07. The van der Waals surface area contributed by atoms with Gasteiger partial charge in [-0.2, -0.15) is 0 Å². The van der Waals surface area contributed by atoms with Crippen molar-refractivity contribution < 1.29 is 0 Å². The van der Waals surface area contributed by atoms with E-state index in [4.69, 9.17) is 5.73 Å². The van der Waals surface area contributed by atoms with E-state index in [9.17, 15) is 0 Å². The summed E-state index contributed by atoms with van der Waals surface area (Å²) in [5.74, 6) is 0. The quantitative estimate of drug-likeness (QED) is 0.851. The Labute approximate surface area is 88.1 Å². The first-order valence-electron chi connectivity index (χ1n) is 3.34. The van der Waals surface area contributed by atoms with Crippen LogP contribution in [0.15, 0.2) is 33.9 Å². The van der Waals surface area contributed by atoms with Crippen molar-refractivity contribution in [3.8, 4) is 0 Å². The fourth-order valence-corrected chi connectivity index (χ4v) is 2.03. The number of rotatable bonds is 2. The second kappa shape index (κ2) is 4.16. The third-order valence-corrected chi connectivity index (χ3v) is 2.47. The molecule has 0 aromatic carbocycles. The van der Waals surface area contributed by atoms with Gasteiger partial charge in [0.05, 0.1) is 11.7 Å². The van der Waals surface area contributed by atoms with Crippen LogP contribution in [0.1, 0.15) is 11.7 Å². The highest BCUT2D eigenvalue weighted by Gasteiger charge is 2.07. The van der Waals surface area contributed by atoms with E-state index in [2.05, 4.69) is 43.4 Å². The van der Waals surface area contributed by atoms with E-state index in [-0.39, 0.29) is 6.04 Å². The van der Waals surface area contributed by atoms with Gasteiger partial charge >= 0.3 is 0 Å². The van der Waals surface area contributed by atoms with Gasteiger partial charge in [0.1, 0.15) is 0 Å². The third-order valence-electron chi connectivity index (χ3n) is 1.41. The Bertz CT molecular complexity index is 299. The van der Waals surface area contributed by atoms with Crippen LogP contribution in [0.3, 0.4) is 0 Å². The second-order valence-corrected chi connectivity index (χ2v) is 4.05. The first kappa shape index (κ1) is 9.89. The average molecular weight is 292 g/mol. The van der Waals surface area contributed by atoms with Crippen molar-refractivity contribution in [3.05, 3.63) is 39.6 Å². The highest BCUT2D eigenvalue weighted by molar-refractivity contribution is 9.11. The van der Waals surface area contributed by atoms with Crippen LogP contribution >= 0.6 is 31.9 Å². The van der Waals surface area contributed by atoms with Crippen LogP contribution in [0.5, 0.6) is 0 Å². The molecule has 0 saturated carbocycles. The lowest BCUT2D eigenvalue weighted by Crippen LogP contribution is -2.09. The summed E-state index contributed by atoms with van der Waals surface area (Å²) in [6, 6.07) is 1.69. The molecule has 0 radical (unpaired) electrons. The van der Waals surface area contributed by atoms with Crippen LogP contribution < -0.4 is 5.73 Å². The summed E-state index contributed by atoms with van der Waals surface area (Å²) in [5, 5.41) is 0. The molecule has 0 bridgehead atoms. The fraction of sp³-hybridized carbons (Fsp3) is 0.125. The molecular formula is C8H8Br2N2. The van der Waals surface area contributed by atoms with Gasteiger partial charge in [0, 0.05) is 15.1 Å². The molecule has 12 heavy (non-hydrogen) atoms. The molecule has 0 amide bonds. The molecule has 1 aromatic heterocycles. The van der Waals surface area contributed by atoms with Gasteiger partial charge in [-0.05, 0) is 37.9 Å². The van der Waals surface area contributed by atoms with Gasteiger partial charge in [0.2, 0.25) is 0 Å². The molecule has 1 aromatic rings. The monoisotopic (exact) mass is 290 g/mol. The van der Waals surface area contributed by atoms with Crippen LogP contribution in [-0.2, 0) is 0 Å². The van der Waals surface area contributed by atoms with Crippen LogP contribution in [0, 0.1) is 0 Å². The number of pyridine rings is 1. The summed E-state index contributed by atoms with van der Waals surface area (Å²) in [6.07, 6.45) is 3.37. The summed E-state index contributed by atoms with van der Waals surface area (Å²) >= 11 is 6.68. The molecule has 0 fully saturated rings. The molecule has 1 unspecified atom stereocenters. The van der Waals surface area contributed by atoms with Crippen molar-refractivity contribution in [1.82, 2.24) is 4.98 Å². The van der Waals surface area contributed by atoms with Crippen molar-refractivity contribution in [3.63, 3.8) is 0 Å².